The van der Waals surface area contributed by atoms with Crippen LogP contribution in [-0.4, -0.2) is 43.5 Å². The summed E-state index contributed by atoms with van der Waals surface area (Å²) >= 11 is 0. The molecule has 1 aromatic rings. The van der Waals surface area contributed by atoms with Gasteiger partial charge in [-0.15, -0.1) is 0 Å². The van der Waals surface area contributed by atoms with E-state index < -0.39 is 5.72 Å². The lowest BCUT2D eigenvalue weighted by atomic mass is 9.72. The molecule has 1 unspecified atom stereocenters. The van der Waals surface area contributed by atoms with Gasteiger partial charge in [0.05, 0.1) is 6.61 Å². The molecule has 2 heterocycles. The van der Waals surface area contributed by atoms with Gasteiger partial charge in [-0.2, -0.15) is 0 Å². The average Bonchev–Trinajstić information content (AvgIpc) is 3.27. The van der Waals surface area contributed by atoms with E-state index in [1.54, 1.807) is 0 Å². The number of hydrogen-bond acceptors (Lipinski definition) is 4. The number of urea groups is 1. The molecule has 6 nitrogen and oxygen atoms in total. The zero-order valence-electron chi connectivity index (χ0n) is 14.8. The summed E-state index contributed by atoms with van der Waals surface area (Å²) in [6.45, 7) is 2.78. The van der Waals surface area contributed by atoms with Crippen molar-refractivity contribution in [3.8, 4) is 0 Å². The number of hydroxylamine groups is 1. The van der Waals surface area contributed by atoms with Crippen molar-refractivity contribution in [2.45, 2.75) is 43.4 Å². The van der Waals surface area contributed by atoms with E-state index in [2.05, 4.69) is 53.1 Å². The van der Waals surface area contributed by atoms with Crippen LogP contribution >= 0.6 is 0 Å². The fraction of sp³-hybridized carbons (Fsp3) is 0.632. The average molecular weight is 345 g/mol. The van der Waals surface area contributed by atoms with Gasteiger partial charge in [0, 0.05) is 18.7 Å². The molecule has 2 aliphatic heterocycles. The Morgan fingerprint density at radius 3 is 2.56 bits per heavy atom. The Morgan fingerprint density at radius 1 is 1.20 bits per heavy atom. The highest BCUT2D eigenvalue weighted by molar-refractivity contribution is 5.75. The van der Waals surface area contributed by atoms with Crippen molar-refractivity contribution in [1.82, 2.24) is 15.7 Å². The molecule has 136 valence electrons. The van der Waals surface area contributed by atoms with Crippen molar-refractivity contribution in [2.24, 2.45) is 5.92 Å². The maximum atomic E-state index is 11.5. The Bertz CT molecular complexity index is 608. The molecule has 3 fully saturated rings. The second-order valence-electron chi connectivity index (χ2n) is 7.66. The summed E-state index contributed by atoms with van der Waals surface area (Å²) in [5.74, 6) is 0.602. The predicted octanol–water partition coefficient (Wildman–Crippen LogP) is 2.36. The zero-order chi connectivity index (χ0) is 17.3. The molecule has 2 N–H and O–H groups in total. The lowest BCUT2D eigenvalue weighted by Gasteiger charge is -2.49. The van der Waals surface area contributed by atoms with E-state index >= 15 is 0 Å². The van der Waals surface area contributed by atoms with Gasteiger partial charge in [-0.1, -0.05) is 30.3 Å². The van der Waals surface area contributed by atoms with Crippen LogP contribution in [0.15, 0.2) is 30.3 Å². The molecule has 2 saturated heterocycles. The standard InChI is InChI=1S/C19H27N3O3/c1-22(13-15-7-12-24-14-15)18(16-5-3-2-4-6-16)8-10-19(11-9-18)20-17(23)21-25-19/h2-6,15H,7-14H2,1H3,(H2,20,21,23)/t15?,18-,19-. The first-order valence-electron chi connectivity index (χ1n) is 9.23. The normalized spacial score (nSPS) is 35.1. The van der Waals surface area contributed by atoms with Gasteiger partial charge >= 0.3 is 6.03 Å². The van der Waals surface area contributed by atoms with Crippen LogP contribution in [0.3, 0.4) is 0 Å². The fourth-order valence-corrected chi connectivity index (χ4v) is 4.62. The van der Waals surface area contributed by atoms with Gasteiger partial charge in [-0.25, -0.2) is 15.1 Å². The molecule has 0 radical (unpaired) electrons. The van der Waals surface area contributed by atoms with Gasteiger partial charge in [-0.05, 0) is 50.6 Å². The minimum Gasteiger partial charge on any atom is -0.381 e. The van der Waals surface area contributed by atoms with Crippen LogP contribution in [0.2, 0.25) is 0 Å². The van der Waals surface area contributed by atoms with Gasteiger partial charge in [0.25, 0.3) is 0 Å². The van der Waals surface area contributed by atoms with Gasteiger partial charge in [0.2, 0.25) is 0 Å². The van der Waals surface area contributed by atoms with Crippen LogP contribution in [0.1, 0.15) is 37.7 Å². The Hall–Kier alpha value is -1.63. The SMILES string of the molecule is CN(CC1CCOC1)[C@]1(c2ccccc2)CC[C@@]2(CC1)NC(=O)NO2. The molecule has 6 heteroatoms. The molecule has 1 spiro atoms. The number of benzene rings is 1. The molecule has 1 atom stereocenters. The highest BCUT2D eigenvalue weighted by Crippen LogP contribution is 2.46. The predicted molar refractivity (Wildman–Crippen MR) is 93.6 cm³/mol. The van der Waals surface area contributed by atoms with Crippen molar-refractivity contribution in [3.63, 3.8) is 0 Å². The number of nitrogens with one attached hydrogen (secondary N) is 2. The second kappa shape index (κ2) is 6.59. The summed E-state index contributed by atoms with van der Waals surface area (Å²) in [5.41, 5.74) is 3.23. The summed E-state index contributed by atoms with van der Waals surface area (Å²) < 4.78 is 5.57. The van der Waals surface area contributed by atoms with Crippen LogP contribution < -0.4 is 10.8 Å². The van der Waals surface area contributed by atoms with Crippen LogP contribution in [0.25, 0.3) is 0 Å². The second-order valence-corrected chi connectivity index (χ2v) is 7.66. The van der Waals surface area contributed by atoms with E-state index in [9.17, 15) is 4.79 Å². The number of hydrogen-bond donors (Lipinski definition) is 2. The first-order chi connectivity index (χ1) is 12.1. The summed E-state index contributed by atoms with van der Waals surface area (Å²) in [4.78, 5) is 19.6. The smallest absolute Gasteiger partial charge is 0.341 e. The molecule has 0 bridgehead atoms. The lowest BCUT2D eigenvalue weighted by Crippen LogP contribution is -2.55. The Morgan fingerprint density at radius 2 is 1.96 bits per heavy atom. The number of rotatable bonds is 4. The van der Waals surface area contributed by atoms with E-state index in [0.717, 1.165) is 51.9 Å². The zero-order valence-corrected chi connectivity index (χ0v) is 14.8. The molecule has 25 heavy (non-hydrogen) atoms. The number of carbonyl (C=O) groups is 1. The minimum absolute atomic E-state index is 0.0220. The van der Waals surface area contributed by atoms with E-state index in [-0.39, 0.29) is 11.6 Å². The number of carbonyl (C=O) groups excluding carboxylic acids is 1. The van der Waals surface area contributed by atoms with E-state index in [1.807, 2.05) is 0 Å². The lowest BCUT2D eigenvalue weighted by molar-refractivity contribution is -0.111. The summed E-state index contributed by atoms with van der Waals surface area (Å²) in [6.07, 6.45) is 4.63. The topological polar surface area (TPSA) is 62.8 Å². The van der Waals surface area contributed by atoms with E-state index in [1.165, 1.54) is 5.56 Å². The Kier molecular flexibility index (Phi) is 4.43. The summed E-state index contributed by atoms with van der Waals surface area (Å²) in [5, 5.41) is 2.96. The third-order valence-corrected chi connectivity index (χ3v) is 6.16. The van der Waals surface area contributed by atoms with Crippen molar-refractivity contribution in [1.29, 1.82) is 0 Å². The van der Waals surface area contributed by atoms with Crippen molar-refractivity contribution in [2.75, 3.05) is 26.8 Å². The third-order valence-electron chi connectivity index (χ3n) is 6.16. The molecular formula is C19H27N3O3. The maximum Gasteiger partial charge on any atom is 0.341 e. The molecule has 0 aromatic heterocycles. The quantitative estimate of drug-likeness (QED) is 0.879. The molecule has 1 aliphatic carbocycles. The van der Waals surface area contributed by atoms with E-state index in [0.29, 0.717) is 5.92 Å². The van der Waals surface area contributed by atoms with Crippen LogP contribution in [0.4, 0.5) is 4.79 Å². The maximum absolute atomic E-state index is 11.5. The highest BCUT2D eigenvalue weighted by Gasteiger charge is 2.50. The molecule has 2 amide bonds. The van der Waals surface area contributed by atoms with Gasteiger partial charge in [-0.3, -0.25) is 4.90 Å². The van der Waals surface area contributed by atoms with Crippen molar-refractivity contribution in [3.05, 3.63) is 35.9 Å². The first-order valence-corrected chi connectivity index (χ1v) is 9.23. The fourth-order valence-electron chi connectivity index (χ4n) is 4.62. The summed E-state index contributed by atoms with van der Waals surface area (Å²) in [7, 11) is 2.23. The molecule has 3 aliphatic rings. The third kappa shape index (κ3) is 3.14. The number of nitrogens with zero attached hydrogens (tertiary/aromatic N) is 1. The minimum atomic E-state index is -0.549. The van der Waals surface area contributed by atoms with Gasteiger partial charge in [0.15, 0.2) is 5.72 Å². The van der Waals surface area contributed by atoms with Gasteiger partial charge in [0.1, 0.15) is 0 Å². The first kappa shape index (κ1) is 16.8. The monoisotopic (exact) mass is 345 g/mol. The molecule has 1 saturated carbocycles. The van der Waals surface area contributed by atoms with Crippen LogP contribution in [0.5, 0.6) is 0 Å². The Labute approximate surface area is 148 Å². The van der Waals surface area contributed by atoms with E-state index in [4.69, 9.17) is 9.57 Å². The van der Waals surface area contributed by atoms with Crippen molar-refractivity contribution >= 4 is 6.03 Å². The highest BCUT2D eigenvalue weighted by atomic mass is 16.7. The molecule has 1 aromatic carbocycles. The van der Waals surface area contributed by atoms with Crippen molar-refractivity contribution < 1.29 is 14.4 Å². The Balaban J connectivity index is 1.56. The van der Waals surface area contributed by atoms with Gasteiger partial charge < -0.3 is 10.1 Å². The molecular weight excluding hydrogens is 318 g/mol. The number of amides is 2. The largest absolute Gasteiger partial charge is 0.381 e. The summed E-state index contributed by atoms with van der Waals surface area (Å²) in [6, 6.07) is 10.5. The van der Waals surface area contributed by atoms with Crippen LogP contribution in [-0.2, 0) is 15.1 Å². The molecule has 4 rings (SSSR count). The number of ether oxygens (including phenoxy) is 1. The van der Waals surface area contributed by atoms with Crippen LogP contribution in [0, 0.1) is 5.92 Å².